The van der Waals surface area contributed by atoms with Crippen molar-refractivity contribution in [2.45, 2.75) is 0 Å². The number of aromatic nitrogens is 2. The standard InChI is InChI=1S/C18H15N3O5/c1-24-14-6-4-3-5-13(14)16-20-21-18(26-16)19-15(22)11-7-9-12(10-8-11)17(23)25-2/h3-10H,1-2H3,(H,19,21,22). The first-order valence-corrected chi connectivity index (χ1v) is 7.59. The highest BCUT2D eigenvalue weighted by atomic mass is 16.5. The number of hydrogen-bond acceptors (Lipinski definition) is 7. The van der Waals surface area contributed by atoms with Crippen LogP contribution in [0, 0.1) is 0 Å². The van der Waals surface area contributed by atoms with E-state index in [1.807, 2.05) is 12.1 Å². The second kappa shape index (κ2) is 7.47. The molecule has 1 N–H and O–H groups in total. The number of anilines is 1. The summed E-state index contributed by atoms with van der Waals surface area (Å²) >= 11 is 0. The lowest BCUT2D eigenvalue weighted by molar-refractivity contribution is 0.0600. The number of amides is 1. The fourth-order valence-corrected chi connectivity index (χ4v) is 2.25. The zero-order valence-electron chi connectivity index (χ0n) is 14.1. The van der Waals surface area contributed by atoms with Gasteiger partial charge in [0.05, 0.1) is 25.3 Å². The number of hydrogen-bond donors (Lipinski definition) is 1. The van der Waals surface area contributed by atoms with Gasteiger partial charge in [-0.2, -0.15) is 0 Å². The van der Waals surface area contributed by atoms with E-state index >= 15 is 0 Å². The average Bonchev–Trinajstić information content (AvgIpc) is 3.15. The number of nitrogens with zero attached hydrogens (tertiary/aromatic N) is 2. The highest BCUT2D eigenvalue weighted by Gasteiger charge is 2.16. The normalized spacial score (nSPS) is 10.2. The van der Waals surface area contributed by atoms with Gasteiger partial charge >= 0.3 is 12.0 Å². The molecule has 132 valence electrons. The van der Waals surface area contributed by atoms with Crippen molar-refractivity contribution in [3.05, 3.63) is 59.7 Å². The van der Waals surface area contributed by atoms with E-state index in [1.165, 1.54) is 38.5 Å². The summed E-state index contributed by atoms with van der Waals surface area (Å²) in [7, 11) is 2.83. The van der Waals surface area contributed by atoms with Crippen LogP contribution >= 0.6 is 0 Å². The summed E-state index contributed by atoms with van der Waals surface area (Å²) in [6.07, 6.45) is 0. The van der Waals surface area contributed by atoms with Gasteiger partial charge in [-0.1, -0.05) is 17.2 Å². The number of nitrogens with one attached hydrogen (secondary N) is 1. The van der Waals surface area contributed by atoms with Gasteiger partial charge in [0.15, 0.2) is 0 Å². The van der Waals surface area contributed by atoms with Gasteiger partial charge in [0, 0.05) is 5.56 Å². The summed E-state index contributed by atoms with van der Waals surface area (Å²) < 4.78 is 15.3. The van der Waals surface area contributed by atoms with Gasteiger partial charge in [-0.3, -0.25) is 10.1 Å². The maximum atomic E-state index is 12.3. The van der Waals surface area contributed by atoms with Gasteiger partial charge in [-0.25, -0.2) is 4.79 Å². The van der Waals surface area contributed by atoms with Crippen molar-refractivity contribution in [2.75, 3.05) is 19.5 Å². The number of rotatable bonds is 5. The number of carbonyl (C=O) groups is 2. The van der Waals surface area contributed by atoms with Crippen LogP contribution in [0.5, 0.6) is 5.75 Å². The first-order valence-electron chi connectivity index (χ1n) is 7.59. The van der Waals surface area contributed by atoms with Gasteiger partial charge in [-0.05, 0) is 36.4 Å². The highest BCUT2D eigenvalue weighted by Crippen LogP contribution is 2.29. The van der Waals surface area contributed by atoms with Crippen LogP contribution in [0.15, 0.2) is 52.9 Å². The fourth-order valence-electron chi connectivity index (χ4n) is 2.25. The number of methoxy groups -OCH3 is 2. The van der Waals surface area contributed by atoms with Gasteiger partial charge in [-0.15, -0.1) is 5.10 Å². The molecule has 3 rings (SSSR count). The molecule has 0 saturated carbocycles. The molecule has 3 aromatic rings. The van der Waals surface area contributed by atoms with E-state index in [4.69, 9.17) is 9.15 Å². The zero-order valence-corrected chi connectivity index (χ0v) is 14.1. The van der Waals surface area contributed by atoms with Gasteiger partial charge in [0.25, 0.3) is 11.8 Å². The van der Waals surface area contributed by atoms with E-state index in [-0.39, 0.29) is 11.9 Å². The monoisotopic (exact) mass is 353 g/mol. The Morgan fingerprint density at radius 1 is 0.962 bits per heavy atom. The number of benzene rings is 2. The van der Waals surface area contributed by atoms with Crippen molar-refractivity contribution in [3.63, 3.8) is 0 Å². The maximum absolute atomic E-state index is 12.3. The second-order valence-corrected chi connectivity index (χ2v) is 5.14. The summed E-state index contributed by atoms with van der Waals surface area (Å²) in [6, 6.07) is 13.1. The third-order valence-corrected chi connectivity index (χ3v) is 3.55. The van der Waals surface area contributed by atoms with E-state index in [2.05, 4.69) is 20.3 Å². The van der Waals surface area contributed by atoms with Crippen LogP contribution in [0.3, 0.4) is 0 Å². The predicted octanol–water partition coefficient (Wildman–Crippen LogP) is 2.78. The van der Waals surface area contributed by atoms with Crippen LogP contribution in [-0.2, 0) is 4.74 Å². The Morgan fingerprint density at radius 2 is 1.65 bits per heavy atom. The van der Waals surface area contributed by atoms with E-state index in [9.17, 15) is 9.59 Å². The molecule has 8 nitrogen and oxygen atoms in total. The molecule has 0 unspecified atom stereocenters. The lowest BCUT2D eigenvalue weighted by Gasteiger charge is -2.04. The lowest BCUT2D eigenvalue weighted by Crippen LogP contribution is -2.12. The van der Waals surface area contributed by atoms with Crippen LogP contribution in [0.2, 0.25) is 0 Å². The van der Waals surface area contributed by atoms with Crippen LogP contribution in [0.4, 0.5) is 6.01 Å². The summed E-state index contributed by atoms with van der Waals surface area (Å²) in [5.74, 6) is -0.127. The average molecular weight is 353 g/mol. The minimum atomic E-state index is -0.477. The molecule has 0 radical (unpaired) electrons. The first kappa shape index (κ1) is 17.2. The topological polar surface area (TPSA) is 104 Å². The van der Waals surface area contributed by atoms with Crippen molar-refractivity contribution in [1.82, 2.24) is 10.2 Å². The lowest BCUT2D eigenvalue weighted by atomic mass is 10.1. The molecular weight excluding hydrogens is 338 g/mol. The van der Waals surface area contributed by atoms with Crippen LogP contribution < -0.4 is 10.1 Å². The fraction of sp³-hybridized carbons (Fsp3) is 0.111. The number of carbonyl (C=O) groups excluding carboxylic acids is 2. The summed E-state index contributed by atoms with van der Waals surface area (Å²) in [5.41, 5.74) is 1.29. The smallest absolute Gasteiger partial charge is 0.337 e. The third kappa shape index (κ3) is 3.54. The Labute approximate surface area is 148 Å². The van der Waals surface area contributed by atoms with E-state index in [0.29, 0.717) is 22.4 Å². The van der Waals surface area contributed by atoms with Gasteiger partial charge < -0.3 is 13.9 Å². The van der Waals surface area contributed by atoms with Crippen molar-refractivity contribution >= 4 is 17.9 Å². The Hall–Kier alpha value is -3.68. The molecular formula is C18H15N3O5. The Morgan fingerprint density at radius 3 is 2.35 bits per heavy atom. The van der Waals surface area contributed by atoms with Gasteiger partial charge in [0.1, 0.15) is 5.75 Å². The Bertz CT molecular complexity index is 934. The molecule has 0 aliphatic heterocycles. The molecule has 8 heteroatoms. The van der Waals surface area contributed by atoms with E-state index in [0.717, 1.165) is 0 Å². The molecule has 1 amide bonds. The van der Waals surface area contributed by atoms with Crippen LogP contribution in [-0.4, -0.2) is 36.3 Å². The van der Waals surface area contributed by atoms with Crippen LogP contribution in [0.25, 0.3) is 11.5 Å². The molecule has 0 aliphatic carbocycles. The molecule has 1 aromatic heterocycles. The molecule has 1 heterocycles. The Kier molecular flexibility index (Phi) is 4.93. The first-order chi connectivity index (χ1) is 12.6. The van der Waals surface area contributed by atoms with Crippen molar-refractivity contribution < 1.29 is 23.5 Å². The summed E-state index contributed by atoms with van der Waals surface area (Å²) in [5, 5.41) is 10.2. The molecule has 0 aliphatic rings. The Balaban J connectivity index is 1.74. The van der Waals surface area contributed by atoms with E-state index < -0.39 is 11.9 Å². The predicted molar refractivity (Wildman–Crippen MR) is 92.0 cm³/mol. The summed E-state index contributed by atoms with van der Waals surface area (Å²) in [4.78, 5) is 23.7. The van der Waals surface area contributed by atoms with E-state index in [1.54, 1.807) is 12.1 Å². The molecule has 0 bridgehead atoms. The number of esters is 1. The quantitative estimate of drug-likeness (QED) is 0.703. The molecule has 0 atom stereocenters. The van der Waals surface area contributed by atoms with Crippen molar-refractivity contribution in [2.24, 2.45) is 0 Å². The molecule has 0 spiro atoms. The molecule has 0 fully saturated rings. The van der Waals surface area contributed by atoms with Crippen LogP contribution in [0.1, 0.15) is 20.7 Å². The second-order valence-electron chi connectivity index (χ2n) is 5.14. The largest absolute Gasteiger partial charge is 0.496 e. The minimum absolute atomic E-state index is 0.0482. The van der Waals surface area contributed by atoms with Crippen molar-refractivity contribution in [1.29, 1.82) is 0 Å². The minimum Gasteiger partial charge on any atom is -0.496 e. The van der Waals surface area contributed by atoms with Crippen molar-refractivity contribution in [3.8, 4) is 17.2 Å². The third-order valence-electron chi connectivity index (χ3n) is 3.55. The maximum Gasteiger partial charge on any atom is 0.337 e. The molecule has 0 saturated heterocycles. The van der Waals surface area contributed by atoms with Gasteiger partial charge in [0.2, 0.25) is 0 Å². The molecule has 2 aromatic carbocycles. The summed E-state index contributed by atoms with van der Waals surface area (Å²) in [6.45, 7) is 0. The molecule has 26 heavy (non-hydrogen) atoms. The number of para-hydroxylation sites is 1. The zero-order chi connectivity index (χ0) is 18.5. The SMILES string of the molecule is COC(=O)c1ccc(C(=O)Nc2nnc(-c3ccccc3OC)o2)cc1. The number of ether oxygens (including phenoxy) is 2. The highest BCUT2D eigenvalue weighted by molar-refractivity contribution is 6.03.